The van der Waals surface area contributed by atoms with Crippen LogP contribution in [0.2, 0.25) is 0 Å². The van der Waals surface area contributed by atoms with Crippen LogP contribution in [-0.4, -0.2) is 40.5 Å². The average Bonchev–Trinajstić information content (AvgIpc) is 3.00. The van der Waals surface area contributed by atoms with Crippen LogP contribution < -0.4 is 5.56 Å². The van der Waals surface area contributed by atoms with Crippen LogP contribution in [0, 0.1) is 5.92 Å². The molecule has 0 fully saturated rings. The number of pyridine rings is 1. The quantitative estimate of drug-likeness (QED) is 0.869. The highest BCUT2D eigenvalue weighted by molar-refractivity contribution is 5.94. The standard InChI is InChI=1S/C15H16N2O5/c1-9(15(20)21)8-17(2)14(19)10-5-6-11(16-13(10)18)12-4-3-7-22-12/h3-7,9H,8H2,1-2H3,(H,16,18)(H,20,21). The molecule has 0 aliphatic heterocycles. The summed E-state index contributed by atoms with van der Waals surface area (Å²) in [4.78, 5) is 38.9. The van der Waals surface area contributed by atoms with Crippen LogP contribution in [0.3, 0.4) is 0 Å². The second-order valence-electron chi connectivity index (χ2n) is 5.02. The van der Waals surface area contributed by atoms with E-state index in [1.54, 1.807) is 18.2 Å². The zero-order valence-electron chi connectivity index (χ0n) is 12.2. The van der Waals surface area contributed by atoms with Crippen molar-refractivity contribution in [2.75, 3.05) is 13.6 Å². The molecule has 0 aliphatic carbocycles. The summed E-state index contributed by atoms with van der Waals surface area (Å²) >= 11 is 0. The summed E-state index contributed by atoms with van der Waals surface area (Å²) in [7, 11) is 1.46. The van der Waals surface area contributed by atoms with Crippen molar-refractivity contribution < 1.29 is 19.1 Å². The monoisotopic (exact) mass is 304 g/mol. The number of aromatic nitrogens is 1. The number of carbonyl (C=O) groups is 2. The Morgan fingerprint density at radius 1 is 1.36 bits per heavy atom. The lowest BCUT2D eigenvalue weighted by molar-refractivity contribution is -0.141. The molecule has 1 atom stereocenters. The molecule has 7 nitrogen and oxygen atoms in total. The van der Waals surface area contributed by atoms with E-state index in [2.05, 4.69) is 4.98 Å². The molecule has 2 N–H and O–H groups in total. The molecule has 0 saturated heterocycles. The molecule has 0 saturated carbocycles. The second-order valence-corrected chi connectivity index (χ2v) is 5.02. The lowest BCUT2D eigenvalue weighted by Crippen LogP contribution is -2.36. The van der Waals surface area contributed by atoms with Gasteiger partial charge in [0, 0.05) is 13.6 Å². The van der Waals surface area contributed by atoms with Gasteiger partial charge >= 0.3 is 5.97 Å². The molecule has 7 heteroatoms. The van der Waals surface area contributed by atoms with Gasteiger partial charge in [0.15, 0.2) is 0 Å². The van der Waals surface area contributed by atoms with E-state index < -0.39 is 23.4 Å². The third kappa shape index (κ3) is 3.25. The van der Waals surface area contributed by atoms with Crippen molar-refractivity contribution in [2.24, 2.45) is 5.92 Å². The highest BCUT2D eigenvalue weighted by Crippen LogP contribution is 2.16. The maximum atomic E-state index is 12.2. The fourth-order valence-electron chi connectivity index (χ4n) is 2.00. The number of hydrogen-bond donors (Lipinski definition) is 2. The van der Waals surface area contributed by atoms with Gasteiger partial charge in [-0.1, -0.05) is 6.92 Å². The maximum absolute atomic E-state index is 12.2. The molecule has 0 aliphatic rings. The minimum absolute atomic E-state index is 0.0214. The molecule has 0 radical (unpaired) electrons. The molecular weight excluding hydrogens is 288 g/mol. The van der Waals surface area contributed by atoms with Gasteiger partial charge in [-0.25, -0.2) is 0 Å². The van der Waals surface area contributed by atoms with Crippen molar-refractivity contribution in [1.29, 1.82) is 0 Å². The molecule has 22 heavy (non-hydrogen) atoms. The second kappa shape index (κ2) is 6.30. The average molecular weight is 304 g/mol. The fourth-order valence-corrected chi connectivity index (χ4v) is 2.00. The van der Waals surface area contributed by atoms with E-state index in [9.17, 15) is 14.4 Å². The third-order valence-electron chi connectivity index (χ3n) is 3.24. The lowest BCUT2D eigenvalue weighted by Gasteiger charge is -2.19. The molecule has 2 heterocycles. The number of carboxylic acids is 1. The van der Waals surface area contributed by atoms with E-state index >= 15 is 0 Å². The van der Waals surface area contributed by atoms with Gasteiger partial charge in [0.1, 0.15) is 11.3 Å². The van der Waals surface area contributed by atoms with Gasteiger partial charge in [0.05, 0.1) is 17.9 Å². The van der Waals surface area contributed by atoms with Crippen LogP contribution in [0.25, 0.3) is 11.5 Å². The summed E-state index contributed by atoms with van der Waals surface area (Å²) in [6, 6.07) is 6.35. The first-order valence-electron chi connectivity index (χ1n) is 6.65. The van der Waals surface area contributed by atoms with Gasteiger partial charge in [0.25, 0.3) is 11.5 Å². The van der Waals surface area contributed by atoms with E-state index in [1.165, 1.54) is 31.2 Å². The SMILES string of the molecule is CC(CN(C)C(=O)c1ccc(-c2ccco2)[nH]c1=O)C(=O)O. The number of rotatable bonds is 5. The number of furan rings is 1. The van der Waals surface area contributed by atoms with Gasteiger partial charge in [-0.2, -0.15) is 0 Å². The summed E-state index contributed by atoms with van der Waals surface area (Å²) in [5.74, 6) is -1.75. The zero-order valence-corrected chi connectivity index (χ0v) is 12.2. The number of hydrogen-bond acceptors (Lipinski definition) is 4. The topological polar surface area (TPSA) is 104 Å². The first kappa shape index (κ1) is 15.6. The van der Waals surface area contributed by atoms with Crippen molar-refractivity contribution in [3.8, 4) is 11.5 Å². The largest absolute Gasteiger partial charge is 0.481 e. The predicted octanol–water partition coefficient (Wildman–Crippen LogP) is 1.43. The molecule has 2 aromatic heterocycles. The minimum atomic E-state index is -0.998. The van der Waals surface area contributed by atoms with Crippen LogP contribution in [0.4, 0.5) is 0 Å². The number of aromatic amines is 1. The Hall–Kier alpha value is -2.83. The molecule has 116 valence electrons. The normalized spacial score (nSPS) is 11.9. The van der Waals surface area contributed by atoms with Crippen LogP contribution in [0.15, 0.2) is 39.7 Å². The van der Waals surface area contributed by atoms with Crippen molar-refractivity contribution in [1.82, 2.24) is 9.88 Å². The Labute approximate surface area is 126 Å². The lowest BCUT2D eigenvalue weighted by atomic mass is 10.1. The first-order chi connectivity index (χ1) is 10.4. The first-order valence-corrected chi connectivity index (χ1v) is 6.65. The Bertz CT molecular complexity index is 733. The summed E-state index contributed by atoms with van der Waals surface area (Å²) in [5, 5.41) is 8.86. The molecule has 2 rings (SSSR count). The zero-order chi connectivity index (χ0) is 16.3. The molecule has 0 aromatic carbocycles. The van der Waals surface area contributed by atoms with Crippen molar-refractivity contribution in [2.45, 2.75) is 6.92 Å². The highest BCUT2D eigenvalue weighted by atomic mass is 16.4. The molecular formula is C15H16N2O5. The Balaban J connectivity index is 2.20. The molecule has 1 amide bonds. The smallest absolute Gasteiger partial charge is 0.308 e. The van der Waals surface area contributed by atoms with E-state index in [0.717, 1.165) is 0 Å². The van der Waals surface area contributed by atoms with Gasteiger partial charge < -0.3 is 19.4 Å². The van der Waals surface area contributed by atoms with E-state index in [4.69, 9.17) is 9.52 Å². The van der Waals surface area contributed by atoms with Crippen LogP contribution >= 0.6 is 0 Å². The van der Waals surface area contributed by atoms with E-state index in [-0.39, 0.29) is 12.1 Å². The Morgan fingerprint density at radius 2 is 2.09 bits per heavy atom. The molecule has 2 aromatic rings. The minimum Gasteiger partial charge on any atom is -0.481 e. The molecule has 0 spiro atoms. The van der Waals surface area contributed by atoms with E-state index in [0.29, 0.717) is 11.5 Å². The number of H-pyrrole nitrogens is 1. The number of amides is 1. The van der Waals surface area contributed by atoms with Crippen molar-refractivity contribution in [3.63, 3.8) is 0 Å². The predicted molar refractivity (Wildman–Crippen MR) is 78.5 cm³/mol. The fraction of sp³-hybridized carbons (Fsp3) is 0.267. The summed E-state index contributed by atoms with van der Waals surface area (Å²) in [5.41, 5.74) is -0.128. The molecule has 1 unspecified atom stereocenters. The summed E-state index contributed by atoms with van der Waals surface area (Å²) < 4.78 is 5.17. The van der Waals surface area contributed by atoms with E-state index in [1.807, 2.05) is 0 Å². The van der Waals surface area contributed by atoms with Gasteiger partial charge in [0.2, 0.25) is 0 Å². The number of carbonyl (C=O) groups excluding carboxylic acids is 1. The van der Waals surface area contributed by atoms with Crippen molar-refractivity contribution >= 4 is 11.9 Å². The molecule has 0 bridgehead atoms. The van der Waals surface area contributed by atoms with Gasteiger partial charge in [-0.05, 0) is 24.3 Å². The maximum Gasteiger partial charge on any atom is 0.308 e. The summed E-state index contributed by atoms with van der Waals surface area (Å²) in [6.45, 7) is 1.52. The third-order valence-corrected chi connectivity index (χ3v) is 3.24. The number of carboxylic acid groups (broad SMARTS) is 1. The number of nitrogens with zero attached hydrogens (tertiary/aromatic N) is 1. The van der Waals surface area contributed by atoms with Crippen LogP contribution in [-0.2, 0) is 4.79 Å². The Kier molecular flexibility index (Phi) is 4.45. The van der Waals surface area contributed by atoms with Gasteiger partial charge in [-0.3, -0.25) is 14.4 Å². The number of nitrogens with one attached hydrogen (secondary N) is 1. The number of aliphatic carboxylic acids is 1. The van der Waals surface area contributed by atoms with Crippen LogP contribution in [0.5, 0.6) is 0 Å². The van der Waals surface area contributed by atoms with Crippen LogP contribution in [0.1, 0.15) is 17.3 Å². The Morgan fingerprint density at radius 3 is 2.64 bits per heavy atom. The highest BCUT2D eigenvalue weighted by Gasteiger charge is 2.20. The van der Waals surface area contributed by atoms with Crippen molar-refractivity contribution in [3.05, 3.63) is 46.4 Å². The van der Waals surface area contributed by atoms with Gasteiger partial charge in [-0.15, -0.1) is 0 Å². The summed E-state index contributed by atoms with van der Waals surface area (Å²) in [6.07, 6.45) is 1.48.